The van der Waals surface area contributed by atoms with Crippen LogP contribution in [0.15, 0.2) is 24.3 Å². The molecule has 1 N–H and O–H groups in total. The molecule has 1 aliphatic heterocycles. The lowest BCUT2D eigenvalue weighted by Crippen LogP contribution is -2.47. The van der Waals surface area contributed by atoms with Crippen LogP contribution in [0.2, 0.25) is 0 Å². The second-order valence-corrected chi connectivity index (χ2v) is 5.65. The van der Waals surface area contributed by atoms with Crippen LogP contribution in [0.5, 0.6) is 5.75 Å². The van der Waals surface area contributed by atoms with Crippen molar-refractivity contribution in [3.8, 4) is 5.75 Å². The van der Waals surface area contributed by atoms with Gasteiger partial charge in [-0.25, -0.2) is 0 Å². The van der Waals surface area contributed by atoms with E-state index in [2.05, 4.69) is 42.3 Å². The molecule has 112 valence electrons. The van der Waals surface area contributed by atoms with Gasteiger partial charge in [0, 0.05) is 19.1 Å². The molecule has 20 heavy (non-hydrogen) atoms. The molecule has 1 heterocycles. The highest BCUT2D eigenvalue weighted by atomic mass is 16.5. The van der Waals surface area contributed by atoms with E-state index in [0.29, 0.717) is 6.04 Å². The maximum atomic E-state index is 5.94. The van der Waals surface area contributed by atoms with Crippen molar-refractivity contribution in [1.82, 2.24) is 10.2 Å². The number of hydrogen-bond acceptors (Lipinski definition) is 3. The average molecular weight is 276 g/mol. The lowest BCUT2D eigenvalue weighted by atomic mass is 10.1. The molecule has 1 aromatic carbocycles. The number of hydrogen-bond donors (Lipinski definition) is 1. The average Bonchev–Trinajstić information content (AvgIpc) is 2.49. The van der Waals surface area contributed by atoms with Crippen molar-refractivity contribution in [2.45, 2.75) is 39.2 Å². The largest absolute Gasteiger partial charge is 0.492 e. The maximum absolute atomic E-state index is 5.94. The molecule has 0 spiro atoms. The van der Waals surface area contributed by atoms with Gasteiger partial charge >= 0.3 is 0 Å². The van der Waals surface area contributed by atoms with E-state index in [4.69, 9.17) is 4.74 Å². The number of aryl methyl sites for hydroxylation is 1. The van der Waals surface area contributed by atoms with Crippen molar-refractivity contribution in [3.05, 3.63) is 29.8 Å². The second-order valence-electron chi connectivity index (χ2n) is 5.65. The fraction of sp³-hybridized carbons (Fsp3) is 0.647. The fourth-order valence-corrected chi connectivity index (χ4v) is 2.90. The Morgan fingerprint density at radius 1 is 1.30 bits per heavy atom. The minimum Gasteiger partial charge on any atom is -0.492 e. The van der Waals surface area contributed by atoms with Crippen molar-refractivity contribution < 1.29 is 4.74 Å². The number of rotatable bonds is 7. The highest BCUT2D eigenvalue weighted by molar-refractivity contribution is 5.31. The molecule has 1 aliphatic rings. The first kappa shape index (κ1) is 15.3. The molecule has 0 aliphatic carbocycles. The molecule has 0 aromatic heterocycles. The summed E-state index contributed by atoms with van der Waals surface area (Å²) in [7, 11) is 0. The summed E-state index contributed by atoms with van der Waals surface area (Å²) in [5.74, 6) is 1.02. The summed E-state index contributed by atoms with van der Waals surface area (Å²) in [6, 6.07) is 8.94. The van der Waals surface area contributed by atoms with E-state index in [1.165, 1.54) is 37.9 Å². The number of ether oxygens (including phenoxy) is 1. The number of piperidine rings is 1. The van der Waals surface area contributed by atoms with E-state index >= 15 is 0 Å². The zero-order valence-corrected chi connectivity index (χ0v) is 12.9. The third-order valence-corrected chi connectivity index (χ3v) is 4.03. The molecular formula is C17H28N2O. The van der Waals surface area contributed by atoms with E-state index in [0.717, 1.165) is 25.4 Å². The van der Waals surface area contributed by atoms with Crippen LogP contribution in [0.3, 0.4) is 0 Å². The molecule has 3 heteroatoms. The third kappa shape index (κ3) is 4.50. The van der Waals surface area contributed by atoms with Crippen molar-refractivity contribution in [2.24, 2.45) is 0 Å². The normalized spacial score (nSPS) is 19.2. The highest BCUT2D eigenvalue weighted by Crippen LogP contribution is 2.16. The molecule has 2 rings (SSSR count). The molecule has 1 fully saturated rings. The van der Waals surface area contributed by atoms with E-state index in [9.17, 15) is 0 Å². The van der Waals surface area contributed by atoms with Crippen LogP contribution < -0.4 is 10.1 Å². The Morgan fingerprint density at radius 2 is 2.15 bits per heavy atom. The Labute approximate surface area is 123 Å². The number of nitrogens with zero attached hydrogens (tertiary/aromatic N) is 1. The Hall–Kier alpha value is -1.06. The Kier molecular flexibility index (Phi) is 6.34. The molecule has 1 atom stereocenters. The summed E-state index contributed by atoms with van der Waals surface area (Å²) in [5, 5.41) is 3.51. The van der Waals surface area contributed by atoms with Crippen LogP contribution in [-0.4, -0.2) is 43.7 Å². The smallest absolute Gasteiger partial charge is 0.122 e. The molecule has 0 saturated carbocycles. The molecule has 0 bridgehead atoms. The summed E-state index contributed by atoms with van der Waals surface area (Å²) < 4.78 is 5.94. The van der Waals surface area contributed by atoms with Gasteiger partial charge in [0.05, 0.1) is 0 Å². The van der Waals surface area contributed by atoms with Crippen LogP contribution >= 0.6 is 0 Å². The molecule has 0 amide bonds. The fourth-order valence-electron chi connectivity index (χ4n) is 2.90. The summed E-state index contributed by atoms with van der Waals surface area (Å²) in [4.78, 5) is 2.59. The van der Waals surface area contributed by atoms with E-state index in [1.807, 2.05) is 6.07 Å². The van der Waals surface area contributed by atoms with Gasteiger partial charge in [0.15, 0.2) is 0 Å². The summed E-state index contributed by atoms with van der Waals surface area (Å²) in [5.41, 5.74) is 1.22. The van der Waals surface area contributed by atoms with Gasteiger partial charge in [-0.05, 0) is 50.9 Å². The van der Waals surface area contributed by atoms with Gasteiger partial charge in [-0.2, -0.15) is 0 Å². The highest BCUT2D eigenvalue weighted by Gasteiger charge is 2.19. The van der Waals surface area contributed by atoms with Gasteiger partial charge in [-0.3, -0.25) is 4.90 Å². The molecule has 0 radical (unpaired) electrons. The van der Waals surface area contributed by atoms with E-state index in [1.54, 1.807) is 0 Å². The van der Waals surface area contributed by atoms with Gasteiger partial charge in [-0.15, -0.1) is 0 Å². The van der Waals surface area contributed by atoms with Gasteiger partial charge in [0.2, 0.25) is 0 Å². The first-order chi connectivity index (χ1) is 9.81. The SMILES string of the molecule is CCCN(CCOc1ccccc1C)C1CCCNC1. The monoisotopic (exact) mass is 276 g/mol. The number of benzene rings is 1. The van der Waals surface area contributed by atoms with Crippen LogP contribution in [0.25, 0.3) is 0 Å². The van der Waals surface area contributed by atoms with Gasteiger partial charge in [0.1, 0.15) is 12.4 Å². The standard InChI is InChI=1S/C17H28N2O/c1-3-11-19(16-8-6-10-18-14-16)12-13-20-17-9-5-4-7-15(17)2/h4-5,7,9,16,18H,3,6,8,10-14H2,1-2H3. The predicted octanol–water partition coefficient (Wildman–Crippen LogP) is 2.84. The maximum Gasteiger partial charge on any atom is 0.122 e. The summed E-state index contributed by atoms with van der Waals surface area (Å²) in [6.07, 6.45) is 3.82. The lowest BCUT2D eigenvalue weighted by Gasteiger charge is -2.34. The molecular weight excluding hydrogens is 248 g/mol. The quantitative estimate of drug-likeness (QED) is 0.829. The van der Waals surface area contributed by atoms with Gasteiger partial charge < -0.3 is 10.1 Å². The van der Waals surface area contributed by atoms with Crippen molar-refractivity contribution >= 4 is 0 Å². The minimum atomic E-state index is 0.684. The Bertz CT molecular complexity index is 388. The lowest BCUT2D eigenvalue weighted by molar-refractivity contribution is 0.138. The molecule has 1 aromatic rings. The van der Waals surface area contributed by atoms with Gasteiger partial charge in [-0.1, -0.05) is 25.1 Å². The zero-order chi connectivity index (χ0) is 14.2. The van der Waals surface area contributed by atoms with E-state index < -0.39 is 0 Å². The van der Waals surface area contributed by atoms with Crippen molar-refractivity contribution in [3.63, 3.8) is 0 Å². The van der Waals surface area contributed by atoms with E-state index in [-0.39, 0.29) is 0 Å². The first-order valence-electron chi connectivity index (χ1n) is 7.94. The van der Waals surface area contributed by atoms with Crippen LogP contribution in [0.4, 0.5) is 0 Å². The number of para-hydroxylation sites is 1. The van der Waals surface area contributed by atoms with Crippen molar-refractivity contribution in [1.29, 1.82) is 0 Å². The van der Waals surface area contributed by atoms with Crippen LogP contribution in [0.1, 0.15) is 31.7 Å². The predicted molar refractivity (Wildman–Crippen MR) is 84.4 cm³/mol. The molecule has 3 nitrogen and oxygen atoms in total. The minimum absolute atomic E-state index is 0.684. The number of nitrogens with one attached hydrogen (secondary N) is 1. The van der Waals surface area contributed by atoms with Crippen molar-refractivity contribution in [2.75, 3.05) is 32.8 Å². The zero-order valence-electron chi connectivity index (χ0n) is 12.9. The van der Waals surface area contributed by atoms with Crippen LogP contribution in [-0.2, 0) is 0 Å². The second kappa shape index (κ2) is 8.28. The Morgan fingerprint density at radius 3 is 2.85 bits per heavy atom. The first-order valence-corrected chi connectivity index (χ1v) is 7.94. The molecule has 1 unspecified atom stereocenters. The molecule has 1 saturated heterocycles. The van der Waals surface area contributed by atoms with Crippen LogP contribution in [0, 0.1) is 6.92 Å². The van der Waals surface area contributed by atoms with Gasteiger partial charge in [0.25, 0.3) is 0 Å². The summed E-state index contributed by atoms with van der Waals surface area (Å²) in [6.45, 7) is 9.63. The summed E-state index contributed by atoms with van der Waals surface area (Å²) >= 11 is 0. The topological polar surface area (TPSA) is 24.5 Å². The Balaban J connectivity index is 1.81. The third-order valence-electron chi connectivity index (χ3n) is 4.03.